The van der Waals surface area contributed by atoms with Gasteiger partial charge in [0.1, 0.15) is 0 Å². The summed E-state index contributed by atoms with van der Waals surface area (Å²) < 4.78 is 15.6. The second-order valence-corrected chi connectivity index (χ2v) is 6.79. The second kappa shape index (κ2) is 12.4. The van der Waals surface area contributed by atoms with E-state index in [9.17, 15) is 0 Å². The van der Waals surface area contributed by atoms with Gasteiger partial charge in [-0.3, -0.25) is 0 Å². The zero-order valence-electron chi connectivity index (χ0n) is 14.4. The van der Waals surface area contributed by atoms with Gasteiger partial charge < -0.3 is 14.2 Å². The molecule has 3 heterocycles. The lowest BCUT2D eigenvalue weighted by molar-refractivity contribution is 0.0285. The lowest BCUT2D eigenvalue weighted by Gasteiger charge is -2.17. The normalized spacial score (nSPS) is 30.4. The third kappa shape index (κ3) is 11.1. The maximum atomic E-state index is 5.28. The standard InChI is InChI=1S/3C6H12O/c1-6-2-4-7-5-3-6;1-6-3-2-4-7-5-6;1-6-4-2-3-5-7-6/h3*6H,2-5H2,1H3. The lowest BCUT2D eigenvalue weighted by atomic mass is 10.0. The van der Waals surface area contributed by atoms with Crippen molar-refractivity contribution in [2.75, 3.05) is 33.0 Å². The van der Waals surface area contributed by atoms with E-state index in [-0.39, 0.29) is 0 Å². The van der Waals surface area contributed by atoms with Gasteiger partial charge in [-0.1, -0.05) is 13.8 Å². The van der Waals surface area contributed by atoms with E-state index in [0.717, 1.165) is 44.9 Å². The Bertz CT molecular complexity index is 176. The fourth-order valence-electron chi connectivity index (χ4n) is 2.62. The molecule has 2 atom stereocenters. The van der Waals surface area contributed by atoms with Crippen molar-refractivity contribution in [3.05, 3.63) is 0 Å². The summed E-state index contributed by atoms with van der Waals surface area (Å²) in [4.78, 5) is 0. The maximum absolute atomic E-state index is 5.28. The van der Waals surface area contributed by atoms with E-state index in [1.807, 2.05) is 0 Å². The molecule has 0 N–H and O–H groups in total. The Balaban J connectivity index is 0.000000157. The first-order valence-corrected chi connectivity index (χ1v) is 8.95. The highest BCUT2D eigenvalue weighted by Gasteiger charge is 2.07. The molecule has 3 fully saturated rings. The SMILES string of the molecule is CC1CCCCO1.CC1CCCOC1.CC1CCOCC1. The van der Waals surface area contributed by atoms with E-state index in [2.05, 4.69) is 20.8 Å². The van der Waals surface area contributed by atoms with Gasteiger partial charge in [0.2, 0.25) is 0 Å². The van der Waals surface area contributed by atoms with Crippen molar-refractivity contribution in [3.63, 3.8) is 0 Å². The Morgan fingerprint density at radius 3 is 1.67 bits per heavy atom. The summed E-state index contributed by atoms with van der Waals surface area (Å²) in [5.74, 6) is 1.72. The fraction of sp³-hybridized carbons (Fsp3) is 1.00. The molecule has 3 heteroatoms. The van der Waals surface area contributed by atoms with Gasteiger partial charge in [0.15, 0.2) is 0 Å². The van der Waals surface area contributed by atoms with E-state index >= 15 is 0 Å². The van der Waals surface area contributed by atoms with Crippen LogP contribution in [-0.2, 0) is 14.2 Å². The van der Waals surface area contributed by atoms with Crippen molar-refractivity contribution in [3.8, 4) is 0 Å². The van der Waals surface area contributed by atoms with Crippen LogP contribution in [0.25, 0.3) is 0 Å². The first kappa shape index (κ1) is 18.9. The molecule has 0 aromatic rings. The van der Waals surface area contributed by atoms with Crippen LogP contribution in [0.2, 0.25) is 0 Å². The first-order chi connectivity index (χ1) is 10.2. The second-order valence-electron chi connectivity index (χ2n) is 6.79. The molecule has 0 spiro atoms. The van der Waals surface area contributed by atoms with Crippen molar-refractivity contribution >= 4 is 0 Å². The fourth-order valence-corrected chi connectivity index (χ4v) is 2.62. The zero-order valence-corrected chi connectivity index (χ0v) is 14.4. The Hall–Kier alpha value is -0.120. The maximum Gasteiger partial charge on any atom is 0.0547 e. The summed E-state index contributed by atoms with van der Waals surface area (Å²) >= 11 is 0. The molecule has 2 unspecified atom stereocenters. The molecule has 3 aliphatic heterocycles. The predicted octanol–water partition coefficient (Wildman–Crippen LogP) is 4.44. The van der Waals surface area contributed by atoms with Crippen molar-refractivity contribution in [2.45, 2.75) is 71.8 Å². The smallest absolute Gasteiger partial charge is 0.0547 e. The van der Waals surface area contributed by atoms with Gasteiger partial charge in [-0.05, 0) is 63.7 Å². The van der Waals surface area contributed by atoms with Crippen molar-refractivity contribution in [1.29, 1.82) is 0 Å². The van der Waals surface area contributed by atoms with E-state index in [1.165, 1.54) is 44.9 Å². The van der Waals surface area contributed by atoms with Gasteiger partial charge in [0.05, 0.1) is 6.10 Å². The van der Waals surface area contributed by atoms with Crippen LogP contribution in [0.1, 0.15) is 65.7 Å². The van der Waals surface area contributed by atoms with Crippen molar-refractivity contribution in [1.82, 2.24) is 0 Å². The molecule has 3 aliphatic rings. The van der Waals surface area contributed by atoms with Gasteiger partial charge in [-0.25, -0.2) is 0 Å². The minimum atomic E-state index is 0.536. The largest absolute Gasteiger partial charge is 0.381 e. The highest BCUT2D eigenvalue weighted by molar-refractivity contribution is 4.57. The van der Waals surface area contributed by atoms with E-state index < -0.39 is 0 Å². The zero-order chi connectivity index (χ0) is 15.3. The first-order valence-electron chi connectivity index (χ1n) is 8.95. The van der Waals surface area contributed by atoms with Crippen LogP contribution < -0.4 is 0 Å². The molecule has 21 heavy (non-hydrogen) atoms. The Labute approximate surface area is 131 Å². The topological polar surface area (TPSA) is 27.7 Å². The molecule has 3 nitrogen and oxygen atoms in total. The van der Waals surface area contributed by atoms with Gasteiger partial charge in [-0.2, -0.15) is 0 Å². The average molecular weight is 300 g/mol. The Morgan fingerprint density at radius 1 is 0.619 bits per heavy atom. The number of rotatable bonds is 0. The monoisotopic (exact) mass is 300 g/mol. The van der Waals surface area contributed by atoms with Gasteiger partial charge in [0.25, 0.3) is 0 Å². The minimum Gasteiger partial charge on any atom is -0.381 e. The number of hydrogen-bond acceptors (Lipinski definition) is 3. The van der Waals surface area contributed by atoms with Gasteiger partial charge >= 0.3 is 0 Å². The molecule has 0 aliphatic carbocycles. The molecular formula is C18H36O3. The summed E-state index contributed by atoms with van der Waals surface area (Å²) in [6.07, 6.45) is 9.58. The quantitative estimate of drug-likeness (QED) is 0.662. The van der Waals surface area contributed by atoms with Crippen molar-refractivity contribution in [2.24, 2.45) is 11.8 Å². The molecule has 0 radical (unpaired) electrons. The third-order valence-electron chi connectivity index (χ3n) is 4.31. The van der Waals surface area contributed by atoms with E-state index in [1.54, 1.807) is 0 Å². The highest BCUT2D eigenvalue weighted by Crippen LogP contribution is 2.12. The van der Waals surface area contributed by atoms with E-state index in [4.69, 9.17) is 14.2 Å². The van der Waals surface area contributed by atoms with Crippen LogP contribution in [0.5, 0.6) is 0 Å². The van der Waals surface area contributed by atoms with Crippen LogP contribution >= 0.6 is 0 Å². The summed E-state index contributed by atoms with van der Waals surface area (Å²) in [5, 5.41) is 0. The van der Waals surface area contributed by atoms with Crippen LogP contribution in [0, 0.1) is 11.8 Å². The lowest BCUT2D eigenvalue weighted by Crippen LogP contribution is -2.14. The Morgan fingerprint density at radius 2 is 1.38 bits per heavy atom. The van der Waals surface area contributed by atoms with Crippen LogP contribution in [0.4, 0.5) is 0 Å². The highest BCUT2D eigenvalue weighted by atomic mass is 16.5. The summed E-state index contributed by atoms with van der Waals surface area (Å²) in [5.41, 5.74) is 0. The number of hydrogen-bond donors (Lipinski definition) is 0. The molecule has 0 aromatic heterocycles. The van der Waals surface area contributed by atoms with Gasteiger partial charge in [-0.15, -0.1) is 0 Å². The molecule has 0 bridgehead atoms. The Kier molecular flexibility index (Phi) is 11.2. The molecule has 0 amide bonds. The molecule has 3 rings (SSSR count). The van der Waals surface area contributed by atoms with Crippen LogP contribution in [0.15, 0.2) is 0 Å². The minimum absolute atomic E-state index is 0.536. The van der Waals surface area contributed by atoms with Crippen LogP contribution in [-0.4, -0.2) is 39.1 Å². The third-order valence-corrected chi connectivity index (χ3v) is 4.31. The molecule has 126 valence electrons. The molecule has 3 saturated heterocycles. The summed E-state index contributed by atoms with van der Waals surface area (Å²) in [6, 6.07) is 0. The molecule has 0 saturated carbocycles. The predicted molar refractivity (Wildman–Crippen MR) is 87.7 cm³/mol. The molecular weight excluding hydrogens is 264 g/mol. The summed E-state index contributed by atoms with van der Waals surface area (Å²) in [6.45, 7) is 11.6. The molecule has 0 aromatic carbocycles. The average Bonchev–Trinajstić information content (AvgIpc) is 2.51. The van der Waals surface area contributed by atoms with Crippen molar-refractivity contribution < 1.29 is 14.2 Å². The summed E-state index contributed by atoms with van der Waals surface area (Å²) in [7, 11) is 0. The number of ether oxygens (including phenoxy) is 3. The van der Waals surface area contributed by atoms with E-state index in [0.29, 0.717) is 6.10 Å². The van der Waals surface area contributed by atoms with Gasteiger partial charge in [0, 0.05) is 33.0 Å². The van der Waals surface area contributed by atoms with Crippen LogP contribution in [0.3, 0.4) is 0 Å².